The van der Waals surface area contributed by atoms with Gasteiger partial charge in [-0.1, -0.05) is 46.3 Å². The zero-order chi connectivity index (χ0) is 23.0. The van der Waals surface area contributed by atoms with Crippen molar-refractivity contribution in [1.82, 2.24) is 0 Å². The third-order valence-electron chi connectivity index (χ3n) is 9.80. The Labute approximate surface area is 188 Å². The van der Waals surface area contributed by atoms with Gasteiger partial charge < -0.3 is 5.11 Å². The van der Waals surface area contributed by atoms with E-state index in [1.165, 1.54) is 38.2 Å². The van der Waals surface area contributed by atoms with Crippen molar-refractivity contribution >= 4 is 0 Å². The molecule has 0 aliphatic heterocycles. The second-order valence-electron chi connectivity index (χ2n) is 11.2. The van der Waals surface area contributed by atoms with Gasteiger partial charge in [0.05, 0.1) is 12.0 Å². The maximum Gasteiger partial charge on any atom is 0.391 e. The molecule has 8 unspecified atom stereocenters. The van der Waals surface area contributed by atoms with Crippen molar-refractivity contribution in [3.63, 3.8) is 0 Å². The van der Waals surface area contributed by atoms with Crippen LogP contribution in [0.3, 0.4) is 0 Å². The minimum Gasteiger partial charge on any atom is -0.393 e. The van der Waals surface area contributed by atoms with Crippen molar-refractivity contribution < 1.29 is 18.3 Å². The fraction of sp³-hybridized carbons (Fsp3) is 0.926. The Hall–Kier alpha value is -0.510. The van der Waals surface area contributed by atoms with E-state index in [9.17, 15) is 18.3 Å². The number of hydrogen-bond acceptors (Lipinski definition) is 1. The van der Waals surface area contributed by atoms with Gasteiger partial charge in [-0.25, -0.2) is 0 Å². The summed E-state index contributed by atoms with van der Waals surface area (Å²) in [6.45, 7) is 10.0. The lowest BCUT2D eigenvalue weighted by Crippen LogP contribution is -2.47. The van der Waals surface area contributed by atoms with E-state index in [1.54, 1.807) is 0 Å². The summed E-state index contributed by atoms with van der Waals surface area (Å²) in [7, 11) is 0. The molecule has 1 N–H and O–H groups in total. The monoisotopic (exact) mass is 442 g/mol. The van der Waals surface area contributed by atoms with Gasteiger partial charge in [-0.05, 0) is 105 Å². The lowest BCUT2D eigenvalue weighted by atomic mass is 9.50. The molecule has 3 fully saturated rings. The van der Waals surface area contributed by atoms with Crippen LogP contribution in [-0.2, 0) is 0 Å². The quantitative estimate of drug-likeness (QED) is 0.435. The van der Waals surface area contributed by atoms with Gasteiger partial charge in [0.15, 0.2) is 0 Å². The van der Waals surface area contributed by atoms with Crippen LogP contribution in [0.25, 0.3) is 0 Å². The first-order valence-corrected chi connectivity index (χ1v) is 13.1. The van der Waals surface area contributed by atoms with Crippen LogP contribution >= 0.6 is 0 Å². The molecule has 4 heteroatoms. The lowest BCUT2D eigenvalue weighted by Gasteiger charge is -2.55. The molecule has 0 radical (unpaired) electrons. The third kappa shape index (κ3) is 4.89. The minimum absolute atomic E-state index is 0.155. The Bertz CT molecular complexity index is 626. The highest BCUT2D eigenvalue weighted by Crippen LogP contribution is 2.63. The number of alkyl halides is 3. The molecule has 0 spiro atoms. The predicted molar refractivity (Wildman–Crippen MR) is 122 cm³/mol. The summed E-state index contributed by atoms with van der Waals surface area (Å²) >= 11 is 0. The van der Waals surface area contributed by atoms with E-state index < -0.39 is 12.1 Å². The first kappa shape index (κ1) is 25.1. The molecule has 0 aromatic heterocycles. The van der Waals surface area contributed by atoms with Gasteiger partial charge in [0, 0.05) is 0 Å². The first-order chi connectivity index (χ1) is 14.6. The SMILES string of the molecule is CC.CC(CC[C@@H](C)C1CCC2C1CCC1C2CC=C2CC(O)CCC21C)C(F)(F)F. The standard InChI is InChI=1S/C25H39F3O.C2H6/c1-15(4-5-16(2)25(26,27)28)19-8-9-21-20(19)10-11-23-22(21)7-6-17-14-18(29)12-13-24(17,23)3;1-2/h6,15-16,18-23,29H,4-5,7-14H2,1-3H3;1-2H3/t15-,16?,18?,19?,20?,21?,22?,23?,24?;/m1./s1. The van der Waals surface area contributed by atoms with Crippen molar-refractivity contribution in [3.05, 3.63) is 11.6 Å². The number of hydrogen-bond donors (Lipinski definition) is 1. The molecule has 4 aliphatic carbocycles. The maximum atomic E-state index is 12.9. The average molecular weight is 443 g/mol. The molecule has 4 rings (SSSR count). The zero-order valence-electron chi connectivity index (χ0n) is 20.3. The molecule has 0 bridgehead atoms. The Balaban J connectivity index is 0.00000132. The van der Waals surface area contributed by atoms with Gasteiger partial charge in [0.25, 0.3) is 0 Å². The van der Waals surface area contributed by atoms with Crippen LogP contribution in [0.2, 0.25) is 0 Å². The van der Waals surface area contributed by atoms with Crippen LogP contribution < -0.4 is 0 Å². The number of fused-ring (bicyclic) bond motifs is 5. The second kappa shape index (κ2) is 9.77. The molecule has 0 aromatic carbocycles. The number of allylic oxidation sites excluding steroid dienone is 1. The molecule has 0 aromatic rings. The number of aliphatic hydroxyl groups is 1. The summed E-state index contributed by atoms with van der Waals surface area (Å²) in [5.74, 6) is 2.83. The smallest absolute Gasteiger partial charge is 0.391 e. The maximum absolute atomic E-state index is 12.9. The van der Waals surface area contributed by atoms with E-state index in [-0.39, 0.29) is 17.9 Å². The molecule has 1 nitrogen and oxygen atoms in total. The van der Waals surface area contributed by atoms with E-state index in [0.717, 1.165) is 49.4 Å². The molecule has 31 heavy (non-hydrogen) atoms. The molecule has 0 heterocycles. The van der Waals surface area contributed by atoms with Gasteiger partial charge in [-0.2, -0.15) is 13.2 Å². The Kier molecular flexibility index (Phi) is 7.92. The Morgan fingerprint density at radius 1 is 1.00 bits per heavy atom. The number of aliphatic hydroxyl groups excluding tert-OH is 1. The van der Waals surface area contributed by atoms with Crippen LogP contribution in [0.4, 0.5) is 13.2 Å². The fourth-order valence-corrected chi connectivity index (χ4v) is 7.94. The summed E-state index contributed by atoms with van der Waals surface area (Å²) in [4.78, 5) is 0. The van der Waals surface area contributed by atoms with Crippen molar-refractivity contribution in [2.24, 2.45) is 46.8 Å². The highest BCUT2D eigenvalue weighted by molar-refractivity contribution is 5.24. The van der Waals surface area contributed by atoms with E-state index in [0.29, 0.717) is 18.3 Å². The second-order valence-corrected chi connectivity index (χ2v) is 11.2. The first-order valence-electron chi connectivity index (χ1n) is 13.1. The zero-order valence-corrected chi connectivity index (χ0v) is 20.3. The highest BCUT2D eigenvalue weighted by Gasteiger charge is 2.54. The topological polar surface area (TPSA) is 20.2 Å². The van der Waals surface area contributed by atoms with Crippen LogP contribution in [0.1, 0.15) is 98.8 Å². The highest BCUT2D eigenvalue weighted by atomic mass is 19.4. The van der Waals surface area contributed by atoms with Crippen molar-refractivity contribution in [2.75, 3.05) is 0 Å². The van der Waals surface area contributed by atoms with Crippen LogP contribution in [0.15, 0.2) is 11.6 Å². The average Bonchev–Trinajstić information content (AvgIpc) is 3.17. The fourth-order valence-electron chi connectivity index (χ4n) is 7.94. The summed E-state index contributed by atoms with van der Waals surface area (Å²) in [6.07, 6.45) is 8.36. The van der Waals surface area contributed by atoms with E-state index in [4.69, 9.17) is 0 Å². The molecular weight excluding hydrogens is 397 g/mol. The summed E-state index contributed by atoms with van der Waals surface area (Å²) in [5, 5.41) is 10.1. The molecule has 9 atom stereocenters. The van der Waals surface area contributed by atoms with Gasteiger partial charge in [-0.3, -0.25) is 0 Å². The van der Waals surface area contributed by atoms with Crippen LogP contribution in [-0.4, -0.2) is 17.4 Å². The Morgan fingerprint density at radius 2 is 1.68 bits per heavy atom. The number of halogens is 3. The molecule has 3 saturated carbocycles. The van der Waals surface area contributed by atoms with Crippen molar-refractivity contribution in [2.45, 2.75) is 111 Å². The molecule has 0 saturated heterocycles. The van der Waals surface area contributed by atoms with E-state index in [1.807, 2.05) is 13.8 Å². The molecular formula is C27H45F3O. The number of rotatable bonds is 4. The summed E-state index contributed by atoms with van der Waals surface area (Å²) in [6, 6.07) is 0. The largest absolute Gasteiger partial charge is 0.393 e. The molecule has 4 aliphatic rings. The van der Waals surface area contributed by atoms with Gasteiger partial charge in [0.1, 0.15) is 0 Å². The van der Waals surface area contributed by atoms with Crippen LogP contribution in [0.5, 0.6) is 0 Å². The Morgan fingerprint density at radius 3 is 2.35 bits per heavy atom. The van der Waals surface area contributed by atoms with Crippen LogP contribution in [0, 0.1) is 46.8 Å². The van der Waals surface area contributed by atoms with Crippen molar-refractivity contribution in [3.8, 4) is 0 Å². The normalized spacial score (nSPS) is 41.6. The van der Waals surface area contributed by atoms with Gasteiger partial charge >= 0.3 is 6.18 Å². The van der Waals surface area contributed by atoms with E-state index in [2.05, 4.69) is 19.9 Å². The third-order valence-corrected chi connectivity index (χ3v) is 9.80. The minimum atomic E-state index is -4.05. The lowest BCUT2D eigenvalue weighted by molar-refractivity contribution is -0.172. The molecule has 180 valence electrons. The van der Waals surface area contributed by atoms with Crippen molar-refractivity contribution in [1.29, 1.82) is 0 Å². The van der Waals surface area contributed by atoms with Gasteiger partial charge in [-0.15, -0.1) is 0 Å². The summed E-state index contributed by atoms with van der Waals surface area (Å²) in [5.41, 5.74) is 1.79. The molecule has 0 amide bonds. The van der Waals surface area contributed by atoms with E-state index >= 15 is 0 Å². The predicted octanol–water partition coefficient (Wildman–Crippen LogP) is 8.18. The summed E-state index contributed by atoms with van der Waals surface area (Å²) < 4.78 is 38.7. The van der Waals surface area contributed by atoms with Gasteiger partial charge in [0.2, 0.25) is 0 Å².